The Kier molecular flexibility index (Phi) is 9.97. The summed E-state index contributed by atoms with van der Waals surface area (Å²) in [6.45, 7) is 3.90. The average molecular weight is 829 g/mol. The molecule has 2 fully saturated rings. The minimum Gasteiger partial charge on any atom is -0.508 e. The minimum absolute atomic E-state index is 0.0493. The van der Waals surface area contributed by atoms with Gasteiger partial charge < -0.3 is 32.3 Å². The van der Waals surface area contributed by atoms with Gasteiger partial charge in [-0.1, -0.05) is 12.1 Å². The number of hydrogen-bond donors (Lipinski definition) is 6. The molecule has 2 aliphatic rings. The molecule has 62 heavy (non-hydrogen) atoms. The van der Waals surface area contributed by atoms with Crippen molar-refractivity contribution in [1.82, 2.24) is 39.5 Å². The molecule has 0 unspecified atom stereocenters. The van der Waals surface area contributed by atoms with Crippen LogP contribution < -0.4 is 22.1 Å². The number of fused-ring (bicyclic) bond motifs is 2. The quantitative estimate of drug-likeness (QED) is 0.0934. The van der Waals surface area contributed by atoms with E-state index in [0.717, 1.165) is 57.0 Å². The number of aromatic nitrogens is 8. The van der Waals surface area contributed by atoms with Crippen LogP contribution in [0.5, 0.6) is 11.5 Å². The molecule has 16 heteroatoms. The van der Waals surface area contributed by atoms with Crippen molar-refractivity contribution >= 4 is 56.6 Å². The fourth-order valence-electron chi connectivity index (χ4n) is 7.94. The van der Waals surface area contributed by atoms with E-state index >= 15 is 0 Å². The van der Waals surface area contributed by atoms with E-state index in [4.69, 9.17) is 11.5 Å². The van der Waals surface area contributed by atoms with Crippen LogP contribution in [0.3, 0.4) is 0 Å². The Bertz CT molecular complexity index is 2860. The molecule has 8 aromatic rings. The topological polar surface area (TPSA) is 238 Å². The number of rotatable bonds is 8. The van der Waals surface area contributed by atoms with Gasteiger partial charge in [0.05, 0.1) is 23.8 Å². The highest BCUT2D eigenvalue weighted by Crippen LogP contribution is 2.49. The number of nitrogen functional groups attached to an aromatic ring is 2. The summed E-state index contributed by atoms with van der Waals surface area (Å²) in [7, 11) is 3.74. The summed E-state index contributed by atoms with van der Waals surface area (Å²) in [6, 6.07) is 17.6. The van der Waals surface area contributed by atoms with Gasteiger partial charge in [0.25, 0.3) is 0 Å². The number of nitrogens with one attached hydrogen (secondary N) is 2. The molecule has 2 aliphatic carbocycles. The average Bonchev–Trinajstić information content (AvgIpc) is 4.14. The lowest BCUT2D eigenvalue weighted by Gasteiger charge is -2.11. The third-order valence-corrected chi connectivity index (χ3v) is 11.5. The number of nitrogens with zero attached hydrogens (tertiary/aromatic N) is 8. The van der Waals surface area contributed by atoms with E-state index in [1.807, 2.05) is 77.0 Å². The van der Waals surface area contributed by atoms with Crippen LogP contribution in [-0.2, 0) is 23.7 Å². The zero-order chi connectivity index (χ0) is 43.4. The van der Waals surface area contributed by atoms with Gasteiger partial charge in [0.15, 0.2) is 0 Å². The Morgan fingerprint density at radius 3 is 1.44 bits per heavy atom. The predicted molar refractivity (Wildman–Crippen MR) is 237 cm³/mol. The number of pyridine rings is 4. The lowest BCUT2D eigenvalue weighted by atomic mass is 10.0. The van der Waals surface area contributed by atoms with Gasteiger partial charge in [-0.3, -0.25) is 19.0 Å². The van der Waals surface area contributed by atoms with Crippen molar-refractivity contribution in [1.29, 1.82) is 0 Å². The second kappa shape index (κ2) is 15.6. The summed E-state index contributed by atoms with van der Waals surface area (Å²) in [5, 5.41) is 37.0. The molecule has 2 aromatic carbocycles. The molecule has 0 aliphatic heterocycles. The molecule has 0 spiro atoms. The van der Waals surface area contributed by atoms with Crippen LogP contribution >= 0.6 is 0 Å². The fourth-order valence-corrected chi connectivity index (χ4v) is 7.94. The second-order valence-electron chi connectivity index (χ2n) is 16.1. The monoisotopic (exact) mass is 828 g/mol. The lowest BCUT2D eigenvalue weighted by Crippen LogP contribution is -2.15. The molecule has 10 rings (SSSR count). The SMILES string of the molecule is Cc1ccc(O)cc1-c1cc2cc(NC(=O)[C@@H]3C[C@H]3c3cnn(C)c3)ncc2c(N)n1.Cc1ccc(O)cc1-c1cc2cc(NC(=O)[C@H]3C[C@@H]3c3cnn(C)c3)ncc2c(N)n1. The van der Waals surface area contributed by atoms with E-state index in [9.17, 15) is 19.8 Å². The van der Waals surface area contributed by atoms with E-state index in [2.05, 4.69) is 40.8 Å². The number of aromatic hydroxyl groups is 2. The van der Waals surface area contributed by atoms with Crippen LogP contribution in [0, 0.1) is 25.7 Å². The molecule has 0 radical (unpaired) electrons. The molecule has 0 bridgehead atoms. The summed E-state index contributed by atoms with van der Waals surface area (Å²) in [4.78, 5) is 43.0. The Morgan fingerprint density at radius 2 is 1.05 bits per heavy atom. The number of phenolic OH excluding ortho intramolecular Hbond substituents is 2. The van der Waals surface area contributed by atoms with Crippen molar-refractivity contribution < 1.29 is 19.8 Å². The standard InChI is InChI=1S/2C23H22N6O2/c2*1-12-3-4-15(30)7-16(12)20-5-13-6-21(25-10-19(13)22(24)27-20)28-23(31)18-8-17(18)14-9-26-29(2)11-14/h2*3-7,9-11,17-18,30H,8H2,1-2H3,(H2,24,27)(H,25,28,31)/t2*17-,18+/m10/s1. The number of carbonyl (C=O) groups excluding carboxylic acids is 2. The highest BCUT2D eigenvalue weighted by molar-refractivity contribution is 6.00. The molecule has 2 saturated carbocycles. The maximum atomic E-state index is 12.7. The number of phenols is 2. The molecular formula is C46H44N12O4. The predicted octanol–water partition coefficient (Wildman–Crippen LogP) is 6.74. The molecule has 8 N–H and O–H groups in total. The zero-order valence-corrected chi connectivity index (χ0v) is 34.4. The largest absolute Gasteiger partial charge is 0.508 e. The molecule has 4 atom stereocenters. The summed E-state index contributed by atoms with van der Waals surface area (Å²) < 4.78 is 3.50. The first-order valence-corrected chi connectivity index (χ1v) is 20.1. The Balaban J connectivity index is 0.000000158. The number of aryl methyl sites for hydroxylation is 4. The summed E-state index contributed by atoms with van der Waals surface area (Å²) in [5.74, 6) is 2.12. The van der Waals surface area contributed by atoms with Crippen LogP contribution in [0.25, 0.3) is 44.1 Å². The summed E-state index contributed by atoms with van der Waals surface area (Å²) in [5.41, 5.74) is 19.4. The van der Waals surface area contributed by atoms with Crippen LogP contribution in [0.15, 0.2) is 97.8 Å². The Morgan fingerprint density at radius 1 is 0.629 bits per heavy atom. The summed E-state index contributed by atoms with van der Waals surface area (Å²) in [6.07, 6.45) is 12.4. The van der Waals surface area contributed by atoms with Gasteiger partial charge in [-0.25, -0.2) is 19.9 Å². The maximum Gasteiger partial charge on any atom is 0.229 e. The number of anilines is 4. The van der Waals surface area contributed by atoms with Crippen molar-refractivity contribution in [2.24, 2.45) is 25.9 Å². The molecule has 0 saturated heterocycles. The van der Waals surface area contributed by atoms with E-state index in [0.29, 0.717) is 45.4 Å². The Labute approximate surface area is 355 Å². The minimum atomic E-state index is -0.0743. The van der Waals surface area contributed by atoms with Crippen molar-refractivity contribution in [3.05, 3.63) is 120 Å². The third kappa shape index (κ3) is 8.04. The molecule has 2 amide bonds. The number of amides is 2. The normalized spacial score (nSPS) is 17.6. The molecular weight excluding hydrogens is 785 g/mol. The van der Waals surface area contributed by atoms with Crippen molar-refractivity contribution in [2.75, 3.05) is 22.1 Å². The van der Waals surface area contributed by atoms with Gasteiger partial charge in [-0.15, -0.1) is 0 Å². The molecule has 16 nitrogen and oxygen atoms in total. The second-order valence-corrected chi connectivity index (χ2v) is 16.1. The van der Waals surface area contributed by atoms with E-state index in [-0.39, 0.29) is 47.0 Å². The van der Waals surface area contributed by atoms with Crippen LogP contribution in [-0.4, -0.2) is 61.5 Å². The van der Waals surface area contributed by atoms with Crippen LogP contribution in [0.2, 0.25) is 0 Å². The van der Waals surface area contributed by atoms with Gasteiger partial charge in [0, 0.05) is 72.6 Å². The Hall–Kier alpha value is -7.88. The molecule has 6 aromatic heterocycles. The third-order valence-electron chi connectivity index (χ3n) is 11.5. The van der Waals surface area contributed by atoms with Gasteiger partial charge in [-0.05, 0) is 120 Å². The first kappa shape index (κ1) is 39.6. The summed E-state index contributed by atoms with van der Waals surface area (Å²) >= 11 is 0. The van der Waals surface area contributed by atoms with Gasteiger partial charge in [0.2, 0.25) is 11.8 Å². The number of benzene rings is 2. The van der Waals surface area contributed by atoms with E-state index in [1.54, 1.807) is 58.2 Å². The van der Waals surface area contributed by atoms with E-state index in [1.165, 1.54) is 0 Å². The fraction of sp³-hybridized carbons (Fsp3) is 0.217. The highest BCUT2D eigenvalue weighted by Gasteiger charge is 2.45. The molecule has 312 valence electrons. The lowest BCUT2D eigenvalue weighted by molar-refractivity contribution is -0.118. The highest BCUT2D eigenvalue weighted by atomic mass is 16.3. The van der Waals surface area contributed by atoms with Crippen molar-refractivity contribution in [3.63, 3.8) is 0 Å². The first-order chi connectivity index (χ1) is 29.8. The van der Waals surface area contributed by atoms with Gasteiger partial charge in [-0.2, -0.15) is 10.2 Å². The van der Waals surface area contributed by atoms with Gasteiger partial charge >= 0.3 is 0 Å². The number of hydrogen-bond acceptors (Lipinski definition) is 12. The number of carbonyl (C=O) groups is 2. The maximum absolute atomic E-state index is 12.7. The smallest absolute Gasteiger partial charge is 0.229 e. The van der Waals surface area contributed by atoms with Crippen molar-refractivity contribution in [2.45, 2.75) is 38.5 Å². The molecule has 6 heterocycles. The van der Waals surface area contributed by atoms with E-state index < -0.39 is 0 Å². The number of nitrogens with two attached hydrogens (primary N) is 2. The van der Waals surface area contributed by atoms with Crippen LogP contribution in [0.1, 0.15) is 46.9 Å². The zero-order valence-electron chi connectivity index (χ0n) is 34.4. The van der Waals surface area contributed by atoms with Crippen molar-refractivity contribution in [3.8, 4) is 34.0 Å². The van der Waals surface area contributed by atoms with Gasteiger partial charge in [0.1, 0.15) is 34.8 Å². The first-order valence-electron chi connectivity index (χ1n) is 20.1. The van der Waals surface area contributed by atoms with Crippen LogP contribution in [0.4, 0.5) is 23.3 Å².